The molecule has 1 unspecified atom stereocenters. The van der Waals surface area contributed by atoms with Gasteiger partial charge >= 0.3 is 0 Å². The molecule has 0 aromatic heterocycles. The van der Waals surface area contributed by atoms with E-state index in [0.29, 0.717) is 0 Å². The third-order valence-electron chi connectivity index (χ3n) is 4.16. The van der Waals surface area contributed by atoms with Gasteiger partial charge in [0.1, 0.15) is 0 Å². The number of unbranched alkanes of at least 4 members (excludes halogenated alkanes) is 4. The van der Waals surface area contributed by atoms with Gasteiger partial charge in [0, 0.05) is 6.04 Å². The number of hydrogen-bond acceptors (Lipinski definition) is 1. The first-order chi connectivity index (χ1) is 9.29. The minimum Gasteiger partial charge on any atom is -0.314 e. The van der Waals surface area contributed by atoms with Crippen LogP contribution >= 0.6 is 0 Å². The quantitative estimate of drug-likeness (QED) is 0.385. The highest BCUT2D eigenvalue weighted by molar-refractivity contribution is 4.76. The first-order valence-corrected chi connectivity index (χ1v) is 9.03. The zero-order valence-corrected chi connectivity index (χ0v) is 14.1. The SMILES string of the molecule is CCCCCCCC(NCCC)C(CCC)CCC. The van der Waals surface area contributed by atoms with Crippen LogP contribution in [0, 0.1) is 5.92 Å². The van der Waals surface area contributed by atoms with Crippen molar-refractivity contribution < 1.29 is 0 Å². The molecule has 0 heterocycles. The van der Waals surface area contributed by atoms with E-state index in [2.05, 4.69) is 33.0 Å². The molecule has 0 aliphatic heterocycles. The van der Waals surface area contributed by atoms with Crippen LogP contribution < -0.4 is 5.32 Å². The summed E-state index contributed by atoms with van der Waals surface area (Å²) in [6.07, 6.45) is 15.2. The predicted molar refractivity (Wildman–Crippen MR) is 88.8 cm³/mol. The molecule has 0 aliphatic rings. The van der Waals surface area contributed by atoms with Crippen molar-refractivity contribution in [2.75, 3.05) is 6.54 Å². The summed E-state index contributed by atoms with van der Waals surface area (Å²) in [6, 6.07) is 0.779. The second-order valence-electron chi connectivity index (χ2n) is 6.10. The summed E-state index contributed by atoms with van der Waals surface area (Å²) in [4.78, 5) is 0. The Bertz CT molecular complexity index is 161. The standard InChI is InChI=1S/C18H39N/c1-5-9-10-11-12-15-18(19-16-8-4)17(13-6-2)14-7-3/h17-19H,5-16H2,1-4H3. The highest BCUT2D eigenvalue weighted by Gasteiger charge is 2.18. The molecule has 116 valence electrons. The van der Waals surface area contributed by atoms with Crippen molar-refractivity contribution in [3.8, 4) is 0 Å². The lowest BCUT2D eigenvalue weighted by Gasteiger charge is -2.28. The first kappa shape index (κ1) is 19.0. The van der Waals surface area contributed by atoms with Crippen molar-refractivity contribution in [3.63, 3.8) is 0 Å². The molecule has 0 fully saturated rings. The maximum Gasteiger partial charge on any atom is 0.00953 e. The Morgan fingerprint density at radius 2 is 1.26 bits per heavy atom. The number of nitrogens with one attached hydrogen (secondary N) is 1. The maximum atomic E-state index is 3.83. The molecule has 0 radical (unpaired) electrons. The molecular weight excluding hydrogens is 230 g/mol. The van der Waals surface area contributed by atoms with Crippen molar-refractivity contribution in [2.45, 2.75) is 104 Å². The van der Waals surface area contributed by atoms with E-state index in [4.69, 9.17) is 0 Å². The van der Waals surface area contributed by atoms with Gasteiger partial charge in [-0.15, -0.1) is 0 Å². The molecule has 1 heteroatoms. The third-order valence-corrected chi connectivity index (χ3v) is 4.16. The van der Waals surface area contributed by atoms with Crippen LogP contribution in [0.2, 0.25) is 0 Å². The lowest BCUT2D eigenvalue weighted by Crippen LogP contribution is -2.36. The summed E-state index contributed by atoms with van der Waals surface area (Å²) >= 11 is 0. The van der Waals surface area contributed by atoms with Gasteiger partial charge in [-0.25, -0.2) is 0 Å². The molecule has 0 saturated carbocycles. The molecule has 1 N–H and O–H groups in total. The minimum atomic E-state index is 0.779. The zero-order chi connectivity index (χ0) is 14.3. The molecule has 0 saturated heterocycles. The highest BCUT2D eigenvalue weighted by atomic mass is 14.9. The van der Waals surface area contributed by atoms with Gasteiger partial charge in [-0.2, -0.15) is 0 Å². The van der Waals surface area contributed by atoms with Crippen LogP contribution in [-0.4, -0.2) is 12.6 Å². The Kier molecular flexibility index (Phi) is 14.3. The van der Waals surface area contributed by atoms with Crippen LogP contribution in [0.5, 0.6) is 0 Å². The van der Waals surface area contributed by atoms with Gasteiger partial charge in [0.25, 0.3) is 0 Å². The zero-order valence-electron chi connectivity index (χ0n) is 14.1. The molecule has 0 spiro atoms. The van der Waals surface area contributed by atoms with Crippen LogP contribution in [-0.2, 0) is 0 Å². The Morgan fingerprint density at radius 3 is 1.79 bits per heavy atom. The fourth-order valence-electron chi connectivity index (χ4n) is 3.09. The Labute approximate surface area is 122 Å². The summed E-state index contributed by atoms with van der Waals surface area (Å²) < 4.78 is 0. The molecule has 0 aromatic rings. The van der Waals surface area contributed by atoms with Crippen LogP contribution in [0.15, 0.2) is 0 Å². The second-order valence-corrected chi connectivity index (χ2v) is 6.10. The summed E-state index contributed by atoms with van der Waals surface area (Å²) in [7, 11) is 0. The molecule has 1 atom stereocenters. The Balaban J connectivity index is 4.08. The lowest BCUT2D eigenvalue weighted by atomic mass is 9.87. The van der Waals surface area contributed by atoms with E-state index in [1.54, 1.807) is 0 Å². The molecule has 0 rings (SSSR count). The van der Waals surface area contributed by atoms with Crippen LogP contribution in [0.25, 0.3) is 0 Å². The van der Waals surface area contributed by atoms with Gasteiger partial charge < -0.3 is 5.32 Å². The molecule has 0 aliphatic carbocycles. The van der Waals surface area contributed by atoms with Crippen LogP contribution in [0.4, 0.5) is 0 Å². The van der Waals surface area contributed by atoms with Gasteiger partial charge in [0.15, 0.2) is 0 Å². The van der Waals surface area contributed by atoms with Crippen LogP contribution in [0.3, 0.4) is 0 Å². The van der Waals surface area contributed by atoms with E-state index in [9.17, 15) is 0 Å². The van der Waals surface area contributed by atoms with Gasteiger partial charge in [0.05, 0.1) is 0 Å². The first-order valence-electron chi connectivity index (χ1n) is 9.03. The average molecular weight is 270 g/mol. The smallest absolute Gasteiger partial charge is 0.00953 e. The van der Waals surface area contributed by atoms with E-state index in [1.165, 1.54) is 77.2 Å². The molecule has 19 heavy (non-hydrogen) atoms. The number of rotatable bonds is 14. The van der Waals surface area contributed by atoms with Gasteiger partial charge in [-0.05, 0) is 38.1 Å². The van der Waals surface area contributed by atoms with Crippen molar-refractivity contribution in [3.05, 3.63) is 0 Å². The fourth-order valence-corrected chi connectivity index (χ4v) is 3.09. The highest BCUT2D eigenvalue weighted by Crippen LogP contribution is 2.22. The summed E-state index contributed by atoms with van der Waals surface area (Å²) in [5.41, 5.74) is 0. The van der Waals surface area contributed by atoms with Gasteiger partial charge in [-0.1, -0.05) is 72.6 Å². The largest absolute Gasteiger partial charge is 0.314 e. The van der Waals surface area contributed by atoms with Crippen LogP contribution in [0.1, 0.15) is 98.3 Å². The van der Waals surface area contributed by atoms with Gasteiger partial charge in [-0.3, -0.25) is 0 Å². The molecule has 0 aromatic carbocycles. The monoisotopic (exact) mass is 269 g/mol. The molecule has 0 bridgehead atoms. The minimum absolute atomic E-state index is 0.779. The Morgan fingerprint density at radius 1 is 0.632 bits per heavy atom. The van der Waals surface area contributed by atoms with E-state index >= 15 is 0 Å². The van der Waals surface area contributed by atoms with Gasteiger partial charge in [0.2, 0.25) is 0 Å². The van der Waals surface area contributed by atoms with Crippen molar-refractivity contribution >= 4 is 0 Å². The van der Waals surface area contributed by atoms with Crippen molar-refractivity contribution in [1.82, 2.24) is 5.32 Å². The second kappa shape index (κ2) is 14.4. The van der Waals surface area contributed by atoms with Crippen molar-refractivity contribution in [2.24, 2.45) is 5.92 Å². The van der Waals surface area contributed by atoms with Crippen molar-refractivity contribution in [1.29, 1.82) is 0 Å². The third kappa shape index (κ3) is 10.4. The van der Waals surface area contributed by atoms with E-state index in [0.717, 1.165) is 12.0 Å². The summed E-state index contributed by atoms with van der Waals surface area (Å²) in [6.45, 7) is 10.4. The fraction of sp³-hybridized carbons (Fsp3) is 1.00. The number of hydrogen-bond donors (Lipinski definition) is 1. The maximum absolute atomic E-state index is 3.83. The predicted octanol–water partition coefficient (Wildman–Crippen LogP) is 5.93. The Hall–Kier alpha value is -0.0400. The molecule has 1 nitrogen and oxygen atoms in total. The normalized spacial score (nSPS) is 13.1. The average Bonchev–Trinajstić information content (AvgIpc) is 2.42. The van der Waals surface area contributed by atoms with E-state index < -0.39 is 0 Å². The molecule has 0 amide bonds. The topological polar surface area (TPSA) is 12.0 Å². The van der Waals surface area contributed by atoms with E-state index in [1.807, 2.05) is 0 Å². The summed E-state index contributed by atoms with van der Waals surface area (Å²) in [5, 5.41) is 3.83. The lowest BCUT2D eigenvalue weighted by molar-refractivity contribution is 0.290. The summed E-state index contributed by atoms with van der Waals surface area (Å²) in [5.74, 6) is 0.910. The molecular formula is C18H39N. The van der Waals surface area contributed by atoms with E-state index in [-0.39, 0.29) is 0 Å².